The minimum absolute atomic E-state index is 0.272. The van der Waals surface area contributed by atoms with Gasteiger partial charge >= 0.3 is 11.9 Å². The molecule has 0 amide bonds. The number of carboxylic acid groups (broad SMARTS) is 1. The molecular weight excluding hydrogens is 198 g/mol. The molecule has 0 rings (SSSR count). The fourth-order valence-electron chi connectivity index (χ4n) is 1.06. The van der Waals surface area contributed by atoms with E-state index in [0.717, 1.165) is 0 Å². The van der Waals surface area contributed by atoms with Crippen molar-refractivity contribution in [2.75, 3.05) is 13.2 Å². The molecule has 2 atom stereocenters. The maximum Gasteiger partial charge on any atom is 0.320 e. The summed E-state index contributed by atoms with van der Waals surface area (Å²) in [5.74, 6) is -1.47. The zero-order valence-corrected chi connectivity index (χ0v) is 9.45. The van der Waals surface area contributed by atoms with Crippen molar-refractivity contribution in [3.63, 3.8) is 0 Å². The van der Waals surface area contributed by atoms with Gasteiger partial charge in [0.1, 0.15) is 6.04 Å². The summed E-state index contributed by atoms with van der Waals surface area (Å²) in [6.45, 7) is 5.85. The van der Waals surface area contributed by atoms with E-state index in [1.165, 1.54) is 0 Å². The molecule has 0 saturated heterocycles. The van der Waals surface area contributed by atoms with Crippen LogP contribution in [0.2, 0.25) is 0 Å². The highest BCUT2D eigenvalue weighted by atomic mass is 16.5. The van der Waals surface area contributed by atoms with E-state index in [4.69, 9.17) is 9.84 Å². The highest BCUT2D eigenvalue weighted by molar-refractivity contribution is 5.74. The summed E-state index contributed by atoms with van der Waals surface area (Å²) in [5, 5.41) is 11.4. The van der Waals surface area contributed by atoms with Crippen LogP contribution in [0.4, 0.5) is 0 Å². The molecule has 0 aromatic rings. The van der Waals surface area contributed by atoms with Crippen molar-refractivity contribution in [2.24, 2.45) is 5.92 Å². The van der Waals surface area contributed by atoms with Crippen molar-refractivity contribution in [3.05, 3.63) is 0 Å². The molecule has 0 aliphatic carbocycles. The largest absolute Gasteiger partial charge is 0.480 e. The molecular formula is C10H19NO4. The molecule has 0 heterocycles. The normalized spacial score (nSPS) is 14.3. The fourth-order valence-corrected chi connectivity index (χ4v) is 1.06. The van der Waals surface area contributed by atoms with Crippen LogP contribution in [-0.4, -0.2) is 36.2 Å². The number of hydrogen-bond donors (Lipinski definition) is 2. The average molecular weight is 217 g/mol. The highest BCUT2D eigenvalue weighted by Crippen LogP contribution is 2.04. The summed E-state index contributed by atoms with van der Waals surface area (Å²) >= 11 is 0. The van der Waals surface area contributed by atoms with Gasteiger partial charge in [0, 0.05) is 6.54 Å². The highest BCUT2D eigenvalue weighted by Gasteiger charge is 2.19. The van der Waals surface area contributed by atoms with Crippen LogP contribution in [0.5, 0.6) is 0 Å². The maximum atomic E-state index is 11.3. The fraction of sp³-hybridized carbons (Fsp3) is 0.800. The molecule has 0 spiro atoms. The van der Waals surface area contributed by atoms with Crippen molar-refractivity contribution in [1.29, 1.82) is 0 Å². The lowest BCUT2D eigenvalue weighted by atomic mass is 10.1. The van der Waals surface area contributed by atoms with E-state index in [9.17, 15) is 9.59 Å². The van der Waals surface area contributed by atoms with Crippen LogP contribution in [-0.2, 0) is 14.3 Å². The molecule has 5 nitrogen and oxygen atoms in total. The number of esters is 1. The van der Waals surface area contributed by atoms with E-state index in [0.29, 0.717) is 19.6 Å². The van der Waals surface area contributed by atoms with Crippen LogP contribution in [0.25, 0.3) is 0 Å². The molecule has 0 aliphatic heterocycles. The van der Waals surface area contributed by atoms with Crippen molar-refractivity contribution in [2.45, 2.75) is 33.2 Å². The number of carbonyl (C=O) groups excluding carboxylic acids is 1. The molecule has 2 N–H and O–H groups in total. The lowest BCUT2D eigenvalue weighted by molar-refractivity contribution is -0.148. The Morgan fingerprint density at radius 1 is 1.40 bits per heavy atom. The van der Waals surface area contributed by atoms with Crippen molar-refractivity contribution in [1.82, 2.24) is 5.32 Å². The Kier molecular flexibility index (Phi) is 6.70. The number of nitrogens with one attached hydrogen (secondary N) is 1. The number of aliphatic carboxylic acids is 1. The van der Waals surface area contributed by atoms with Crippen LogP contribution >= 0.6 is 0 Å². The Morgan fingerprint density at radius 2 is 2.00 bits per heavy atom. The molecule has 0 saturated carbocycles. The second-order valence-corrected chi connectivity index (χ2v) is 3.33. The van der Waals surface area contributed by atoms with Gasteiger partial charge in [-0.15, -0.1) is 0 Å². The average Bonchev–Trinajstić information content (AvgIpc) is 2.18. The molecule has 88 valence electrons. The van der Waals surface area contributed by atoms with Crippen molar-refractivity contribution >= 4 is 11.9 Å². The van der Waals surface area contributed by atoms with E-state index >= 15 is 0 Å². The Balaban J connectivity index is 3.99. The van der Waals surface area contributed by atoms with Gasteiger partial charge in [-0.2, -0.15) is 0 Å². The van der Waals surface area contributed by atoms with Gasteiger partial charge in [0.05, 0.1) is 12.5 Å². The Hall–Kier alpha value is -1.10. The number of carbonyl (C=O) groups is 2. The molecule has 0 fully saturated rings. The van der Waals surface area contributed by atoms with Gasteiger partial charge in [-0.25, -0.2) is 0 Å². The van der Waals surface area contributed by atoms with Gasteiger partial charge in [0.25, 0.3) is 0 Å². The van der Waals surface area contributed by atoms with Crippen molar-refractivity contribution in [3.8, 4) is 0 Å². The van der Waals surface area contributed by atoms with E-state index in [2.05, 4.69) is 5.32 Å². The quantitative estimate of drug-likeness (QED) is 0.612. The molecule has 0 aromatic carbocycles. The first-order valence-corrected chi connectivity index (χ1v) is 5.15. The zero-order chi connectivity index (χ0) is 11.8. The molecule has 5 heteroatoms. The van der Waals surface area contributed by atoms with Crippen molar-refractivity contribution < 1.29 is 19.4 Å². The lowest BCUT2D eigenvalue weighted by Gasteiger charge is -2.16. The minimum Gasteiger partial charge on any atom is -0.480 e. The Bertz CT molecular complexity index is 217. The minimum atomic E-state index is -0.922. The molecule has 0 aromatic heterocycles. The molecule has 0 aliphatic rings. The summed E-state index contributed by atoms with van der Waals surface area (Å²) in [7, 11) is 0. The number of carboxylic acids is 1. The zero-order valence-electron chi connectivity index (χ0n) is 9.45. The molecule has 15 heavy (non-hydrogen) atoms. The first kappa shape index (κ1) is 13.9. The third-order valence-corrected chi connectivity index (χ3v) is 2.15. The van der Waals surface area contributed by atoms with Gasteiger partial charge in [-0.1, -0.05) is 6.92 Å². The van der Waals surface area contributed by atoms with Crippen LogP contribution in [0.3, 0.4) is 0 Å². The Labute approximate surface area is 89.8 Å². The summed E-state index contributed by atoms with van der Waals surface area (Å²) in [4.78, 5) is 21.9. The summed E-state index contributed by atoms with van der Waals surface area (Å²) in [6, 6.07) is -0.645. The van der Waals surface area contributed by atoms with Gasteiger partial charge in [-0.05, 0) is 20.3 Å². The van der Waals surface area contributed by atoms with Crippen LogP contribution < -0.4 is 5.32 Å². The third kappa shape index (κ3) is 5.37. The van der Waals surface area contributed by atoms with Gasteiger partial charge < -0.3 is 15.2 Å². The molecule has 0 radical (unpaired) electrons. The standard InChI is InChI=1S/C10H19NO4/c1-4-8(10(14)15-5-2)6-11-7(3)9(12)13/h7-8,11H,4-6H2,1-3H3,(H,12,13). The lowest BCUT2D eigenvalue weighted by Crippen LogP contribution is -2.39. The second-order valence-electron chi connectivity index (χ2n) is 3.33. The smallest absolute Gasteiger partial charge is 0.320 e. The van der Waals surface area contributed by atoms with Crippen LogP contribution in [0.1, 0.15) is 27.2 Å². The summed E-state index contributed by atoms with van der Waals surface area (Å²) in [5.41, 5.74) is 0. The third-order valence-electron chi connectivity index (χ3n) is 2.15. The van der Waals surface area contributed by atoms with Gasteiger partial charge in [0.15, 0.2) is 0 Å². The van der Waals surface area contributed by atoms with Gasteiger partial charge in [0.2, 0.25) is 0 Å². The predicted octanol–water partition coefficient (Wildman–Crippen LogP) is 0.638. The number of rotatable bonds is 7. The summed E-state index contributed by atoms with van der Waals surface area (Å²) < 4.78 is 4.86. The number of ether oxygens (including phenoxy) is 1. The number of hydrogen-bond acceptors (Lipinski definition) is 4. The second kappa shape index (κ2) is 7.23. The van der Waals surface area contributed by atoms with Crippen LogP contribution in [0.15, 0.2) is 0 Å². The van der Waals surface area contributed by atoms with Gasteiger partial charge in [-0.3, -0.25) is 9.59 Å². The van der Waals surface area contributed by atoms with E-state index < -0.39 is 12.0 Å². The Morgan fingerprint density at radius 3 is 2.40 bits per heavy atom. The monoisotopic (exact) mass is 217 g/mol. The van der Waals surface area contributed by atoms with Crippen LogP contribution in [0, 0.1) is 5.92 Å². The molecule has 0 bridgehead atoms. The van der Waals surface area contributed by atoms with E-state index in [1.807, 2.05) is 6.92 Å². The first-order chi connectivity index (χ1) is 7.02. The predicted molar refractivity (Wildman–Crippen MR) is 55.5 cm³/mol. The van der Waals surface area contributed by atoms with E-state index in [1.54, 1.807) is 13.8 Å². The van der Waals surface area contributed by atoms with E-state index in [-0.39, 0.29) is 11.9 Å². The first-order valence-electron chi connectivity index (χ1n) is 5.15. The molecule has 2 unspecified atom stereocenters. The summed E-state index contributed by atoms with van der Waals surface area (Å²) in [6.07, 6.45) is 0.637. The SMILES string of the molecule is CCOC(=O)C(CC)CNC(C)C(=O)O. The topological polar surface area (TPSA) is 75.6 Å². The maximum absolute atomic E-state index is 11.3.